The molecule has 0 aromatic heterocycles. The van der Waals surface area contributed by atoms with E-state index >= 15 is 0 Å². The topological polar surface area (TPSA) is 49.3 Å². The number of carbonyl (C=O) groups is 1. The second kappa shape index (κ2) is 7.60. The third kappa shape index (κ3) is 4.76. The van der Waals surface area contributed by atoms with Crippen LogP contribution in [0.3, 0.4) is 0 Å². The van der Waals surface area contributed by atoms with Gasteiger partial charge in [0.15, 0.2) is 0 Å². The van der Waals surface area contributed by atoms with Crippen molar-refractivity contribution in [1.82, 2.24) is 0 Å². The van der Waals surface area contributed by atoms with Gasteiger partial charge in [0.1, 0.15) is 0 Å². The van der Waals surface area contributed by atoms with E-state index in [2.05, 4.69) is 17.2 Å². The Bertz CT molecular complexity index is 497. The van der Waals surface area contributed by atoms with E-state index < -0.39 is 0 Å². The summed E-state index contributed by atoms with van der Waals surface area (Å²) in [6.45, 7) is 5.95. The first kappa shape index (κ1) is 15.3. The Hall–Kier alpha value is -1.79. The van der Waals surface area contributed by atoms with Crippen LogP contribution in [0.25, 0.3) is 0 Å². The number of aryl methyl sites for hydroxylation is 1. The molecule has 0 aliphatic rings. The van der Waals surface area contributed by atoms with E-state index in [1.165, 1.54) is 0 Å². The quantitative estimate of drug-likeness (QED) is 0.817. The highest BCUT2D eigenvalue weighted by molar-refractivity contribution is 5.92. The third-order valence-corrected chi connectivity index (χ3v) is 3.01. The molecule has 0 saturated carbocycles. The maximum Gasteiger partial charge on any atom is 0.227 e. The monoisotopic (exact) mass is 259 g/mol. The van der Waals surface area contributed by atoms with Gasteiger partial charge in [0, 0.05) is 23.6 Å². The summed E-state index contributed by atoms with van der Waals surface area (Å²) in [4.78, 5) is 11.8. The molecule has 2 N–H and O–H groups in total. The van der Waals surface area contributed by atoms with E-state index in [1.807, 2.05) is 39.0 Å². The van der Waals surface area contributed by atoms with Gasteiger partial charge in [-0.05, 0) is 37.1 Å². The molecule has 1 aromatic rings. The van der Waals surface area contributed by atoms with Crippen molar-refractivity contribution in [2.45, 2.75) is 33.6 Å². The minimum absolute atomic E-state index is 0.0179. The van der Waals surface area contributed by atoms with Crippen LogP contribution in [0.4, 0.5) is 5.69 Å². The number of aliphatic hydroxyl groups is 1. The highest BCUT2D eigenvalue weighted by Crippen LogP contribution is 2.16. The minimum Gasteiger partial charge on any atom is -0.395 e. The first-order valence-corrected chi connectivity index (χ1v) is 6.59. The summed E-state index contributed by atoms with van der Waals surface area (Å²) >= 11 is 0. The molecule has 102 valence electrons. The number of nitrogens with one attached hydrogen (secondary N) is 1. The van der Waals surface area contributed by atoms with Crippen molar-refractivity contribution in [3.63, 3.8) is 0 Å². The molecule has 3 nitrogen and oxygen atoms in total. The average Bonchev–Trinajstić information content (AvgIpc) is 2.40. The molecule has 1 atom stereocenters. The summed E-state index contributed by atoms with van der Waals surface area (Å²) in [6, 6.07) is 5.67. The number of rotatable bonds is 4. The maximum absolute atomic E-state index is 11.8. The van der Waals surface area contributed by atoms with Crippen LogP contribution in [0.2, 0.25) is 0 Å². The molecule has 1 amide bonds. The molecule has 0 saturated heterocycles. The lowest BCUT2D eigenvalue weighted by Crippen LogP contribution is -2.19. The number of carbonyl (C=O) groups excluding carboxylic acids is 1. The fourth-order valence-electron chi connectivity index (χ4n) is 1.55. The lowest BCUT2D eigenvalue weighted by atomic mass is 10.1. The van der Waals surface area contributed by atoms with E-state index in [-0.39, 0.29) is 18.4 Å². The Morgan fingerprint density at radius 2 is 2.21 bits per heavy atom. The van der Waals surface area contributed by atoms with Crippen molar-refractivity contribution in [3.05, 3.63) is 29.3 Å². The van der Waals surface area contributed by atoms with Gasteiger partial charge in [-0.25, -0.2) is 0 Å². The molecule has 0 radical (unpaired) electrons. The Balaban J connectivity index is 2.78. The van der Waals surface area contributed by atoms with Crippen molar-refractivity contribution in [1.29, 1.82) is 0 Å². The van der Waals surface area contributed by atoms with Crippen LogP contribution >= 0.6 is 0 Å². The highest BCUT2D eigenvalue weighted by Gasteiger charge is 2.10. The molecule has 0 spiro atoms. The largest absolute Gasteiger partial charge is 0.395 e. The molecular formula is C16H21NO2. The predicted molar refractivity (Wildman–Crippen MR) is 77.8 cm³/mol. The molecule has 0 bridgehead atoms. The van der Waals surface area contributed by atoms with Gasteiger partial charge in [-0.2, -0.15) is 0 Å². The number of anilines is 1. The van der Waals surface area contributed by atoms with Gasteiger partial charge in [-0.3, -0.25) is 4.79 Å². The van der Waals surface area contributed by atoms with Crippen molar-refractivity contribution in [2.75, 3.05) is 11.9 Å². The van der Waals surface area contributed by atoms with E-state index in [1.54, 1.807) is 0 Å². The second-order valence-corrected chi connectivity index (χ2v) is 4.60. The van der Waals surface area contributed by atoms with Gasteiger partial charge in [0.2, 0.25) is 5.91 Å². The molecule has 1 unspecified atom stereocenters. The maximum atomic E-state index is 11.8. The van der Waals surface area contributed by atoms with Crippen molar-refractivity contribution < 1.29 is 9.90 Å². The summed E-state index contributed by atoms with van der Waals surface area (Å²) < 4.78 is 0. The molecule has 19 heavy (non-hydrogen) atoms. The lowest BCUT2D eigenvalue weighted by Gasteiger charge is -2.11. The van der Waals surface area contributed by atoms with Gasteiger partial charge in [0.05, 0.1) is 6.61 Å². The van der Waals surface area contributed by atoms with E-state index in [0.29, 0.717) is 6.42 Å². The smallest absolute Gasteiger partial charge is 0.227 e. The molecule has 3 heteroatoms. The first-order chi connectivity index (χ1) is 9.08. The second-order valence-electron chi connectivity index (χ2n) is 4.60. The van der Waals surface area contributed by atoms with Gasteiger partial charge < -0.3 is 10.4 Å². The minimum atomic E-state index is 0.0179. The molecule has 1 aromatic carbocycles. The van der Waals surface area contributed by atoms with Gasteiger partial charge in [0.25, 0.3) is 0 Å². The van der Waals surface area contributed by atoms with Crippen LogP contribution in [0.1, 0.15) is 37.8 Å². The van der Waals surface area contributed by atoms with Crippen molar-refractivity contribution >= 4 is 11.6 Å². The Kier molecular flexibility index (Phi) is 6.11. The lowest BCUT2D eigenvalue weighted by molar-refractivity contribution is -0.119. The number of benzene rings is 1. The fraction of sp³-hybridized carbons (Fsp3) is 0.438. The van der Waals surface area contributed by atoms with Crippen LogP contribution < -0.4 is 5.32 Å². The number of hydrogen-bond acceptors (Lipinski definition) is 2. The van der Waals surface area contributed by atoms with Crippen LogP contribution in [0.15, 0.2) is 18.2 Å². The Morgan fingerprint density at radius 1 is 1.47 bits per heavy atom. The molecule has 0 aliphatic carbocycles. The number of amides is 1. The highest BCUT2D eigenvalue weighted by atomic mass is 16.2. The molecule has 0 heterocycles. The Labute approximate surface area is 115 Å². The van der Waals surface area contributed by atoms with Gasteiger partial charge >= 0.3 is 0 Å². The number of hydrogen-bond donors (Lipinski definition) is 2. The van der Waals surface area contributed by atoms with Crippen molar-refractivity contribution in [2.24, 2.45) is 5.92 Å². The van der Waals surface area contributed by atoms with Crippen LogP contribution in [0, 0.1) is 24.7 Å². The standard InChI is InChI=1S/C16H21NO2/c1-4-12(2)16(19)17-15-9-8-14(13(3)11-15)7-5-6-10-18/h8-9,11-12,18H,4,6,10H2,1-3H3,(H,17,19). The fourth-order valence-corrected chi connectivity index (χ4v) is 1.55. The Morgan fingerprint density at radius 3 is 2.79 bits per heavy atom. The average molecular weight is 259 g/mol. The van der Waals surface area contributed by atoms with Crippen molar-refractivity contribution in [3.8, 4) is 11.8 Å². The molecular weight excluding hydrogens is 238 g/mol. The van der Waals surface area contributed by atoms with E-state index in [0.717, 1.165) is 23.2 Å². The number of aliphatic hydroxyl groups excluding tert-OH is 1. The first-order valence-electron chi connectivity index (χ1n) is 6.59. The van der Waals surface area contributed by atoms with E-state index in [4.69, 9.17) is 5.11 Å². The normalized spacial score (nSPS) is 11.4. The third-order valence-electron chi connectivity index (χ3n) is 3.01. The molecule has 1 rings (SSSR count). The summed E-state index contributed by atoms with van der Waals surface area (Å²) in [6.07, 6.45) is 1.31. The van der Waals surface area contributed by atoms with Crippen LogP contribution in [-0.4, -0.2) is 17.6 Å². The van der Waals surface area contributed by atoms with Gasteiger partial charge in [-0.1, -0.05) is 25.7 Å². The SMILES string of the molecule is CCC(C)C(=O)Nc1ccc(C#CCCO)c(C)c1. The molecule has 0 fully saturated rings. The summed E-state index contributed by atoms with van der Waals surface area (Å²) in [5.41, 5.74) is 2.75. The zero-order valence-corrected chi connectivity index (χ0v) is 11.8. The summed E-state index contributed by atoms with van der Waals surface area (Å²) in [5, 5.41) is 11.6. The van der Waals surface area contributed by atoms with Gasteiger partial charge in [-0.15, -0.1) is 0 Å². The van der Waals surface area contributed by atoms with Crippen LogP contribution in [0.5, 0.6) is 0 Å². The predicted octanol–water partition coefficient (Wildman–Crippen LogP) is 2.71. The summed E-state index contributed by atoms with van der Waals surface area (Å²) in [5.74, 6) is 5.96. The summed E-state index contributed by atoms with van der Waals surface area (Å²) in [7, 11) is 0. The zero-order chi connectivity index (χ0) is 14.3. The van der Waals surface area contributed by atoms with Crippen LogP contribution in [-0.2, 0) is 4.79 Å². The van der Waals surface area contributed by atoms with E-state index in [9.17, 15) is 4.79 Å². The zero-order valence-electron chi connectivity index (χ0n) is 11.8. The molecule has 0 aliphatic heterocycles.